The van der Waals surface area contributed by atoms with Crippen LogP contribution in [0, 0.1) is 0 Å². The van der Waals surface area contributed by atoms with E-state index in [9.17, 15) is 9.59 Å². The molecule has 26 heavy (non-hydrogen) atoms. The van der Waals surface area contributed by atoms with Crippen molar-refractivity contribution in [1.82, 2.24) is 0 Å². The van der Waals surface area contributed by atoms with Crippen LogP contribution in [-0.2, 0) is 9.59 Å². The topological polar surface area (TPSA) is 37.4 Å². The average molecular weight is 337 g/mol. The predicted molar refractivity (Wildman–Crippen MR) is 102 cm³/mol. The lowest BCUT2D eigenvalue weighted by molar-refractivity contribution is -0.126. The highest BCUT2D eigenvalue weighted by Crippen LogP contribution is 2.47. The molecule has 0 saturated heterocycles. The van der Waals surface area contributed by atoms with Crippen LogP contribution in [0.4, 0.5) is 5.69 Å². The molecule has 0 saturated carbocycles. The highest BCUT2D eigenvalue weighted by atomic mass is 16.2. The molecule has 3 aromatic carbocycles. The molecule has 0 aromatic heterocycles. The Labute approximate surface area is 151 Å². The molecule has 0 fully saturated rings. The van der Waals surface area contributed by atoms with Crippen molar-refractivity contribution in [2.45, 2.75) is 5.92 Å². The van der Waals surface area contributed by atoms with Crippen molar-refractivity contribution in [3.8, 4) is 11.1 Å². The van der Waals surface area contributed by atoms with Crippen molar-refractivity contribution in [2.75, 3.05) is 4.90 Å². The number of rotatable bonds is 1. The van der Waals surface area contributed by atoms with Crippen LogP contribution in [0.1, 0.15) is 17.0 Å². The van der Waals surface area contributed by atoms with Crippen molar-refractivity contribution < 1.29 is 9.59 Å². The van der Waals surface area contributed by atoms with Crippen LogP contribution in [-0.4, -0.2) is 11.7 Å². The van der Waals surface area contributed by atoms with Crippen LogP contribution in [0.5, 0.6) is 0 Å². The van der Waals surface area contributed by atoms with Gasteiger partial charge in [-0.2, -0.15) is 0 Å². The molecule has 1 atom stereocenters. The Bertz CT molecular complexity index is 1080. The van der Waals surface area contributed by atoms with Gasteiger partial charge in [0.15, 0.2) is 5.78 Å². The zero-order valence-corrected chi connectivity index (χ0v) is 13.9. The summed E-state index contributed by atoms with van der Waals surface area (Å²) >= 11 is 0. The molecular weight excluding hydrogens is 322 g/mol. The van der Waals surface area contributed by atoms with Gasteiger partial charge in [0.1, 0.15) is 5.92 Å². The summed E-state index contributed by atoms with van der Waals surface area (Å²) in [5.41, 5.74) is 5.20. The van der Waals surface area contributed by atoms with Gasteiger partial charge in [-0.1, -0.05) is 72.8 Å². The number of benzene rings is 3. The van der Waals surface area contributed by atoms with Crippen molar-refractivity contribution in [2.24, 2.45) is 0 Å². The van der Waals surface area contributed by atoms with Crippen LogP contribution in [0.2, 0.25) is 0 Å². The predicted octanol–water partition coefficient (Wildman–Crippen LogP) is 4.41. The summed E-state index contributed by atoms with van der Waals surface area (Å²) in [5.74, 6) is -1.15. The highest BCUT2D eigenvalue weighted by Gasteiger charge is 2.41. The van der Waals surface area contributed by atoms with E-state index in [0.29, 0.717) is 5.70 Å². The molecule has 124 valence electrons. The molecule has 5 rings (SSSR count). The number of para-hydroxylation sites is 1. The molecule has 2 aliphatic rings. The molecular formula is C23H15NO2. The standard InChI is InChI=1S/C23H15NO2/c25-21-14-20-18-12-5-4-10-16(18)17-11-6-7-13-19(17)24(20)23(26)22(21)15-8-2-1-3-9-15/h1-14,22H. The molecule has 3 nitrogen and oxygen atoms in total. The Balaban J connectivity index is 1.77. The van der Waals surface area contributed by atoms with Gasteiger partial charge in [-0.15, -0.1) is 0 Å². The van der Waals surface area contributed by atoms with E-state index in [-0.39, 0.29) is 11.7 Å². The second kappa shape index (κ2) is 5.53. The summed E-state index contributed by atoms with van der Waals surface area (Å²) in [6, 6.07) is 25.0. The Morgan fingerprint density at radius 2 is 1.27 bits per heavy atom. The van der Waals surface area contributed by atoms with Gasteiger partial charge in [-0.05, 0) is 17.2 Å². The summed E-state index contributed by atoms with van der Waals surface area (Å²) in [6.07, 6.45) is 1.62. The van der Waals surface area contributed by atoms with Gasteiger partial charge >= 0.3 is 0 Å². The fourth-order valence-corrected chi connectivity index (χ4v) is 3.89. The first-order chi connectivity index (χ1) is 12.8. The lowest BCUT2D eigenvalue weighted by Gasteiger charge is -2.38. The lowest BCUT2D eigenvalue weighted by Crippen LogP contribution is -2.42. The minimum Gasteiger partial charge on any atom is -0.293 e. The number of carbonyl (C=O) groups excluding carboxylic acids is 2. The summed E-state index contributed by atoms with van der Waals surface area (Å²) in [5, 5.41) is 0. The molecule has 0 aliphatic carbocycles. The molecule has 0 bridgehead atoms. The van der Waals surface area contributed by atoms with Gasteiger partial charge in [0.05, 0.1) is 11.4 Å². The second-order valence-electron chi connectivity index (χ2n) is 6.51. The van der Waals surface area contributed by atoms with E-state index in [0.717, 1.165) is 27.9 Å². The number of carbonyl (C=O) groups is 2. The second-order valence-corrected chi connectivity index (χ2v) is 6.51. The Kier molecular flexibility index (Phi) is 3.16. The van der Waals surface area contributed by atoms with Gasteiger partial charge in [0, 0.05) is 17.2 Å². The van der Waals surface area contributed by atoms with Crippen molar-refractivity contribution in [3.63, 3.8) is 0 Å². The van der Waals surface area contributed by atoms with E-state index in [1.54, 1.807) is 11.0 Å². The average Bonchev–Trinajstić information content (AvgIpc) is 2.69. The van der Waals surface area contributed by atoms with Crippen molar-refractivity contribution in [3.05, 3.63) is 96.1 Å². The first-order valence-corrected chi connectivity index (χ1v) is 8.59. The maximum absolute atomic E-state index is 13.4. The quantitative estimate of drug-likeness (QED) is 0.617. The third-order valence-corrected chi connectivity index (χ3v) is 5.04. The summed E-state index contributed by atoms with van der Waals surface area (Å²) in [7, 11) is 0. The molecule has 1 unspecified atom stereocenters. The number of nitrogens with zero attached hydrogens (tertiary/aromatic N) is 1. The molecule has 0 spiro atoms. The van der Waals surface area contributed by atoms with E-state index in [1.807, 2.05) is 78.9 Å². The highest BCUT2D eigenvalue weighted by molar-refractivity contribution is 6.29. The Morgan fingerprint density at radius 1 is 0.654 bits per heavy atom. The summed E-state index contributed by atoms with van der Waals surface area (Å²) in [6.45, 7) is 0. The van der Waals surface area contributed by atoms with E-state index in [2.05, 4.69) is 0 Å². The van der Waals surface area contributed by atoms with Crippen LogP contribution in [0.25, 0.3) is 16.8 Å². The molecule has 0 radical (unpaired) electrons. The van der Waals surface area contributed by atoms with Gasteiger partial charge in [0.2, 0.25) is 5.91 Å². The monoisotopic (exact) mass is 337 g/mol. The molecule has 2 aliphatic heterocycles. The van der Waals surface area contributed by atoms with Crippen LogP contribution < -0.4 is 4.90 Å². The number of anilines is 1. The van der Waals surface area contributed by atoms with Gasteiger partial charge in [0.25, 0.3) is 0 Å². The van der Waals surface area contributed by atoms with Gasteiger partial charge in [-0.3, -0.25) is 14.5 Å². The SMILES string of the molecule is O=C1C=C2c3ccccc3-c3ccccc3N2C(=O)C1c1ccccc1. The zero-order chi connectivity index (χ0) is 17.7. The van der Waals surface area contributed by atoms with E-state index < -0.39 is 5.92 Å². The normalized spacial score (nSPS) is 17.9. The molecule has 1 amide bonds. The van der Waals surface area contributed by atoms with Crippen LogP contribution in [0.15, 0.2) is 84.9 Å². The number of fused-ring (bicyclic) bond motifs is 6. The maximum Gasteiger partial charge on any atom is 0.247 e. The van der Waals surface area contributed by atoms with Crippen LogP contribution >= 0.6 is 0 Å². The minimum absolute atomic E-state index is 0.165. The third kappa shape index (κ3) is 2.01. The number of allylic oxidation sites excluding steroid dienone is 1. The Hall–Kier alpha value is -3.46. The Morgan fingerprint density at radius 3 is 2.04 bits per heavy atom. The maximum atomic E-state index is 13.4. The fourth-order valence-electron chi connectivity index (χ4n) is 3.89. The third-order valence-electron chi connectivity index (χ3n) is 5.04. The largest absolute Gasteiger partial charge is 0.293 e. The number of ketones is 1. The molecule has 0 N–H and O–H groups in total. The van der Waals surface area contributed by atoms with E-state index >= 15 is 0 Å². The first-order valence-electron chi connectivity index (χ1n) is 8.59. The summed E-state index contributed by atoms with van der Waals surface area (Å²) < 4.78 is 0. The summed E-state index contributed by atoms with van der Waals surface area (Å²) in [4.78, 5) is 28.0. The first kappa shape index (κ1) is 14.8. The van der Waals surface area contributed by atoms with Gasteiger partial charge in [-0.25, -0.2) is 0 Å². The van der Waals surface area contributed by atoms with E-state index in [1.165, 1.54) is 0 Å². The van der Waals surface area contributed by atoms with Crippen LogP contribution in [0.3, 0.4) is 0 Å². The zero-order valence-electron chi connectivity index (χ0n) is 13.9. The molecule has 3 aromatic rings. The number of hydrogen-bond donors (Lipinski definition) is 0. The number of hydrogen-bond acceptors (Lipinski definition) is 2. The lowest BCUT2D eigenvalue weighted by atomic mass is 9.83. The van der Waals surface area contributed by atoms with Gasteiger partial charge < -0.3 is 0 Å². The molecule has 3 heteroatoms. The van der Waals surface area contributed by atoms with Crippen molar-refractivity contribution in [1.29, 1.82) is 0 Å². The number of amides is 1. The minimum atomic E-state index is -0.793. The van der Waals surface area contributed by atoms with Crippen molar-refractivity contribution >= 4 is 23.1 Å². The molecule has 2 heterocycles. The smallest absolute Gasteiger partial charge is 0.247 e. The van der Waals surface area contributed by atoms with E-state index in [4.69, 9.17) is 0 Å². The fraction of sp³-hybridized carbons (Fsp3) is 0.0435.